The summed E-state index contributed by atoms with van der Waals surface area (Å²) < 4.78 is 5.86. The molecule has 2 rings (SSSR count). The van der Waals surface area contributed by atoms with Crippen LogP contribution in [0.3, 0.4) is 0 Å². The number of hydrogen-bond acceptors (Lipinski definition) is 4. The van der Waals surface area contributed by atoms with Crippen LogP contribution in [0.4, 0.5) is 5.82 Å². The lowest BCUT2D eigenvalue weighted by molar-refractivity contribution is -0.116. The van der Waals surface area contributed by atoms with Crippen molar-refractivity contribution in [3.05, 3.63) is 102 Å². The zero-order valence-electron chi connectivity index (χ0n) is 18.5. The second-order valence-corrected chi connectivity index (χ2v) is 7.61. The fraction of sp³-hybridized carbons (Fsp3) is 0.231. The van der Waals surface area contributed by atoms with E-state index in [1.165, 1.54) is 6.08 Å². The van der Waals surface area contributed by atoms with E-state index in [1.807, 2.05) is 32.1 Å². The van der Waals surface area contributed by atoms with Crippen LogP contribution in [0.2, 0.25) is 0 Å². The molecule has 0 spiro atoms. The molecule has 0 bridgehead atoms. The van der Waals surface area contributed by atoms with Crippen molar-refractivity contribution in [3.8, 4) is 0 Å². The largest absolute Gasteiger partial charge is 0.488 e. The number of nitrogens with one attached hydrogen (secondary N) is 1. The Kier molecular flexibility index (Phi) is 8.38. The van der Waals surface area contributed by atoms with Gasteiger partial charge in [0.25, 0.3) is 0 Å². The van der Waals surface area contributed by atoms with Crippen LogP contribution < -0.4 is 11.1 Å². The number of nitrogens with two attached hydrogens (primary N) is 1. The molecule has 3 N–H and O–H groups in total. The molecule has 0 aromatic carbocycles. The lowest BCUT2D eigenvalue weighted by Crippen LogP contribution is -2.24. The Hall–Kier alpha value is -3.60. The summed E-state index contributed by atoms with van der Waals surface area (Å²) in [5.74, 6) is 1.09. The third-order valence-corrected chi connectivity index (χ3v) is 4.87. The topological polar surface area (TPSA) is 77.2 Å². The van der Waals surface area contributed by atoms with Gasteiger partial charge in [-0.25, -0.2) is 4.98 Å². The number of carbonyl (C=O) groups excluding carboxylic acids is 1. The number of allylic oxidation sites excluding steroid dienone is 6. The van der Waals surface area contributed by atoms with E-state index in [9.17, 15) is 4.79 Å². The normalized spacial score (nSPS) is 18.1. The highest BCUT2D eigenvalue weighted by Crippen LogP contribution is 2.25. The van der Waals surface area contributed by atoms with E-state index in [2.05, 4.69) is 43.0 Å². The molecule has 31 heavy (non-hydrogen) atoms. The van der Waals surface area contributed by atoms with Crippen molar-refractivity contribution in [2.45, 2.75) is 26.9 Å². The number of carbonyl (C=O) groups is 1. The maximum atomic E-state index is 12.1. The van der Waals surface area contributed by atoms with E-state index in [1.54, 1.807) is 24.4 Å². The van der Waals surface area contributed by atoms with E-state index in [0.717, 1.165) is 27.9 Å². The van der Waals surface area contributed by atoms with E-state index in [0.29, 0.717) is 18.1 Å². The van der Waals surface area contributed by atoms with Crippen molar-refractivity contribution in [1.29, 1.82) is 0 Å². The van der Waals surface area contributed by atoms with Crippen LogP contribution >= 0.6 is 0 Å². The summed E-state index contributed by atoms with van der Waals surface area (Å²) in [6.45, 7) is 18.3. The molecule has 1 aliphatic rings. The Bertz CT molecular complexity index is 978. The fourth-order valence-electron chi connectivity index (χ4n) is 2.68. The minimum Gasteiger partial charge on any atom is -0.488 e. The van der Waals surface area contributed by atoms with Crippen LogP contribution in [0, 0.1) is 5.92 Å². The van der Waals surface area contributed by atoms with Gasteiger partial charge in [0.15, 0.2) is 0 Å². The standard InChI is InChI=1S/C26H31N3O2/c1-17(2)18(3)7-8-19(4)20(5)13-23-14-24(31-21(23)6)16-29-26(30)12-10-22-9-11-25(27)28-15-22/h7-15,19,21H,1,3,5,16H2,2,4,6H3,(H2,27,28)(H,29,30)/b8-7-,12-10+,23-13-. The molecule has 5 nitrogen and oxygen atoms in total. The van der Waals surface area contributed by atoms with E-state index < -0.39 is 0 Å². The number of aromatic nitrogens is 1. The van der Waals surface area contributed by atoms with Crippen molar-refractivity contribution in [1.82, 2.24) is 10.3 Å². The third kappa shape index (κ3) is 7.63. The Morgan fingerprint density at radius 2 is 2.06 bits per heavy atom. The summed E-state index contributed by atoms with van der Waals surface area (Å²) in [5.41, 5.74) is 10.2. The second-order valence-electron chi connectivity index (χ2n) is 7.61. The summed E-state index contributed by atoms with van der Waals surface area (Å²) in [4.78, 5) is 16.1. The molecule has 1 aliphatic heterocycles. The summed E-state index contributed by atoms with van der Waals surface area (Å²) >= 11 is 0. The van der Waals surface area contributed by atoms with E-state index >= 15 is 0 Å². The number of pyridine rings is 1. The minimum absolute atomic E-state index is 0.0957. The number of nitrogen functional groups attached to an aromatic ring is 1. The zero-order chi connectivity index (χ0) is 23.0. The van der Waals surface area contributed by atoms with Gasteiger partial charge in [-0.05, 0) is 66.3 Å². The van der Waals surface area contributed by atoms with Gasteiger partial charge in [-0.1, -0.05) is 50.5 Å². The van der Waals surface area contributed by atoms with Gasteiger partial charge in [0.05, 0.1) is 6.54 Å². The van der Waals surface area contributed by atoms with Crippen molar-refractivity contribution in [2.75, 3.05) is 12.3 Å². The van der Waals surface area contributed by atoms with E-state index in [-0.39, 0.29) is 17.9 Å². The number of rotatable bonds is 9. The van der Waals surface area contributed by atoms with Crippen LogP contribution in [0.1, 0.15) is 26.3 Å². The van der Waals surface area contributed by atoms with Gasteiger partial charge in [0, 0.05) is 12.3 Å². The smallest absolute Gasteiger partial charge is 0.244 e. The molecule has 1 aromatic heterocycles. The molecule has 0 aliphatic carbocycles. The summed E-state index contributed by atoms with van der Waals surface area (Å²) in [6, 6.07) is 3.48. The highest BCUT2D eigenvalue weighted by molar-refractivity contribution is 5.91. The van der Waals surface area contributed by atoms with Crippen molar-refractivity contribution < 1.29 is 9.53 Å². The number of nitrogens with zero attached hydrogens (tertiary/aromatic N) is 1. The van der Waals surface area contributed by atoms with Crippen LogP contribution in [0.5, 0.6) is 0 Å². The molecular formula is C26H31N3O2. The van der Waals surface area contributed by atoms with Crippen LogP contribution in [0.25, 0.3) is 6.08 Å². The monoisotopic (exact) mass is 417 g/mol. The third-order valence-electron chi connectivity index (χ3n) is 4.87. The minimum atomic E-state index is -0.215. The van der Waals surface area contributed by atoms with Crippen LogP contribution in [0.15, 0.2) is 96.5 Å². The van der Waals surface area contributed by atoms with Gasteiger partial charge < -0.3 is 15.8 Å². The Morgan fingerprint density at radius 3 is 2.71 bits per heavy atom. The molecular weight excluding hydrogens is 386 g/mol. The van der Waals surface area contributed by atoms with Gasteiger partial charge in [0.1, 0.15) is 17.7 Å². The summed E-state index contributed by atoms with van der Waals surface area (Å²) in [6.07, 6.45) is 12.7. The SMILES string of the molecule is C=C(C)C(=C)/C=C\C(C)C(=C)/C=C1/C=C(CNC(=O)/C=C/c2ccc(N)nc2)OC1C. The Morgan fingerprint density at radius 1 is 1.32 bits per heavy atom. The van der Waals surface area contributed by atoms with E-state index in [4.69, 9.17) is 10.5 Å². The molecule has 1 amide bonds. The van der Waals surface area contributed by atoms with Crippen LogP contribution in [-0.2, 0) is 9.53 Å². The molecule has 1 aromatic rings. The number of anilines is 1. The predicted octanol–water partition coefficient (Wildman–Crippen LogP) is 4.90. The maximum Gasteiger partial charge on any atom is 0.244 e. The van der Waals surface area contributed by atoms with Crippen LogP contribution in [-0.4, -0.2) is 23.5 Å². The first-order valence-electron chi connectivity index (χ1n) is 10.1. The second kappa shape index (κ2) is 11.0. The average molecular weight is 418 g/mol. The van der Waals surface area contributed by atoms with Gasteiger partial charge >= 0.3 is 0 Å². The summed E-state index contributed by atoms with van der Waals surface area (Å²) in [5, 5.41) is 2.82. The molecule has 162 valence electrons. The Labute approximate surface area is 185 Å². The first-order chi connectivity index (χ1) is 14.7. The molecule has 0 fully saturated rings. The quantitative estimate of drug-likeness (QED) is 0.442. The average Bonchev–Trinajstić information content (AvgIpc) is 3.08. The van der Waals surface area contributed by atoms with Gasteiger partial charge in [-0.15, -0.1) is 0 Å². The molecule has 2 atom stereocenters. The van der Waals surface area contributed by atoms with Crippen molar-refractivity contribution in [3.63, 3.8) is 0 Å². The number of amides is 1. The molecule has 2 unspecified atom stereocenters. The van der Waals surface area contributed by atoms with Gasteiger partial charge in [0.2, 0.25) is 5.91 Å². The molecule has 0 saturated carbocycles. The Balaban J connectivity index is 1.91. The molecule has 0 radical (unpaired) electrons. The first kappa shape index (κ1) is 23.7. The zero-order valence-corrected chi connectivity index (χ0v) is 18.5. The van der Waals surface area contributed by atoms with Gasteiger partial charge in [-0.3, -0.25) is 4.79 Å². The number of hydrogen-bond donors (Lipinski definition) is 2. The first-order valence-corrected chi connectivity index (χ1v) is 10.1. The fourth-order valence-corrected chi connectivity index (χ4v) is 2.68. The molecule has 0 saturated heterocycles. The maximum absolute atomic E-state index is 12.1. The lowest BCUT2D eigenvalue weighted by atomic mass is 9.97. The van der Waals surface area contributed by atoms with Crippen molar-refractivity contribution >= 4 is 17.8 Å². The van der Waals surface area contributed by atoms with Gasteiger partial charge in [-0.2, -0.15) is 0 Å². The predicted molar refractivity (Wildman–Crippen MR) is 129 cm³/mol. The summed E-state index contributed by atoms with van der Waals surface area (Å²) in [7, 11) is 0. The van der Waals surface area contributed by atoms with Crippen molar-refractivity contribution in [2.24, 2.45) is 5.92 Å². The highest BCUT2D eigenvalue weighted by atomic mass is 16.5. The lowest BCUT2D eigenvalue weighted by Gasteiger charge is -2.11. The number of ether oxygens (including phenoxy) is 1. The molecule has 2 heterocycles. The highest BCUT2D eigenvalue weighted by Gasteiger charge is 2.19. The molecule has 5 heteroatoms.